The van der Waals surface area contributed by atoms with Crippen molar-refractivity contribution in [3.63, 3.8) is 0 Å². The molecule has 2 aliphatic heterocycles. The minimum atomic E-state index is -0.452. The van der Waals surface area contributed by atoms with Crippen LogP contribution in [0.3, 0.4) is 0 Å². The molecule has 1 amide bonds. The normalized spacial score (nSPS) is 19.3. The molecule has 0 N–H and O–H groups in total. The summed E-state index contributed by atoms with van der Waals surface area (Å²) in [4.78, 5) is 32.0. The number of carbonyl (C=O) groups is 2. The van der Waals surface area contributed by atoms with Gasteiger partial charge in [-0.05, 0) is 73.9 Å². The monoisotopic (exact) mass is 587 g/mol. The third kappa shape index (κ3) is 7.60. The summed E-state index contributed by atoms with van der Waals surface area (Å²) in [6.07, 6.45) is 4.99. The lowest BCUT2D eigenvalue weighted by Gasteiger charge is -2.37. The van der Waals surface area contributed by atoms with E-state index in [4.69, 9.17) is 9.47 Å². The number of esters is 1. The van der Waals surface area contributed by atoms with Crippen LogP contribution in [0.4, 0.5) is 5.69 Å². The number of amides is 1. The zero-order chi connectivity index (χ0) is 30.2. The number of fused-ring (bicyclic) bond motifs is 1. The second-order valence-corrected chi connectivity index (χ2v) is 11.7. The molecule has 2 saturated heterocycles. The Hall–Kier alpha value is -3.78. The molecule has 2 heterocycles. The summed E-state index contributed by atoms with van der Waals surface area (Å²) in [5.41, 5.74) is 1.78. The number of piperazine rings is 1. The van der Waals surface area contributed by atoms with Gasteiger partial charge in [0.15, 0.2) is 6.61 Å². The first-order chi connectivity index (χ1) is 21.0. The molecule has 3 aromatic carbocycles. The van der Waals surface area contributed by atoms with Gasteiger partial charge < -0.3 is 28.9 Å². The molecular formula is C35H45N3O5. The van der Waals surface area contributed by atoms with E-state index in [1.165, 1.54) is 32.9 Å². The molecule has 5 rings (SSSR count). The van der Waals surface area contributed by atoms with Crippen LogP contribution in [0.25, 0.3) is 10.8 Å². The van der Waals surface area contributed by atoms with Crippen LogP contribution in [0.15, 0.2) is 60.7 Å². The molecule has 2 aliphatic rings. The van der Waals surface area contributed by atoms with Crippen molar-refractivity contribution in [2.45, 2.75) is 45.6 Å². The second kappa shape index (κ2) is 14.6. The van der Waals surface area contributed by atoms with Gasteiger partial charge >= 0.3 is 5.97 Å². The highest BCUT2D eigenvalue weighted by Gasteiger charge is 2.25. The first kappa shape index (κ1) is 30.7. The summed E-state index contributed by atoms with van der Waals surface area (Å²) >= 11 is 0. The summed E-state index contributed by atoms with van der Waals surface area (Å²) in [6.45, 7) is 10.3. The molecular weight excluding hydrogens is 542 g/mol. The van der Waals surface area contributed by atoms with Gasteiger partial charge in [0, 0.05) is 61.9 Å². The lowest BCUT2D eigenvalue weighted by molar-refractivity contribution is -0.142. The highest BCUT2D eigenvalue weighted by Crippen LogP contribution is 2.30. The van der Waals surface area contributed by atoms with E-state index in [0.29, 0.717) is 30.4 Å². The maximum atomic E-state index is 13.6. The molecule has 0 aliphatic carbocycles. The van der Waals surface area contributed by atoms with Crippen molar-refractivity contribution in [2.24, 2.45) is 5.92 Å². The van der Waals surface area contributed by atoms with E-state index in [1.54, 1.807) is 12.1 Å². The second-order valence-electron chi connectivity index (χ2n) is 11.7. The maximum absolute atomic E-state index is 13.6. The van der Waals surface area contributed by atoms with E-state index < -0.39 is 5.97 Å². The number of rotatable bonds is 11. The van der Waals surface area contributed by atoms with Crippen LogP contribution in [-0.2, 0) is 9.53 Å². The van der Waals surface area contributed by atoms with Crippen LogP contribution < -0.4 is 14.4 Å². The average Bonchev–Trinajstić information content (AvgIpc) is 3.06. The minimum absolute atomic E-state index is 0.00303. The lowest BCUT2D eigenvalue weighted by Crippen LogP contribution is -2.48. The largest absolute Gasteiger partial charge is 0.494 e. The molecule has 0 aromatic heterocycles. The van der Waals surface area contributed by atoms with Crippen molar-refractivity contribution < 1.29 is 23.8 Å². The van der Waals surface area contributed by atoms with Gasteiger partial charge in [0.2, 0.25) is 0 Å². The number of hydrogen-bond donors (Lipinski definition) is 0. The van der Waals surface area contributed by atoms with Crippen LogP contribution in [0, 0.1) is 5.92 Å². The SMILES string of the molecule is CCC1CCC(C)N(CCCOc2ccc(N3CCN(C(=O)c4ccc(OCC(=O)OC)c5ccccc45)CC3)cc2)C1. The summed E-state index contributed by atoms with van der Waals surface area (Å²) in [5.74, 6) is 1.85. The molecule has 0 bridgehead atoms. The maximum Gasteiger partial charge on any atom is 0.343 e. The summed E-state index contributed by atoms with van der Waals surface area (Å²) in [5, 5.41) is 1.60. The molecule has 0 spiro atoms. The number of piperidine rings is 1. The van der Waals surface area contributed by atoms with Gasteiger partial charge in [-0.25, -0.2) is 4.79 Å². The number of benzene rings is 3. The van der Waals surface area contributed by atoms with Crippen LogP contribution in [-0.4, -0.2) is 87.3 Å². The molecule has 2 fully saturated rings. The Morgan fingerprint density at radius 2 is 1.63 bits per heavy atom. The van der Waals surface area contributed by atoms with E-state index in [0.717, 1.165) is 60.8 Å². The summed E-state index contributed by atoms with van der Waals surface area (Å²) in [6, 6.07) is 20.2. The Labute approximate surface area is 255 Å². The first-order valence-electron chi connectivity index (χ1n) is 15.7. The Balaban J connectivity index is 1.11. The van der Waals surface area contributed by atoms with Gasteiger partial charge in [0.1, 0.15) is 11.5 Å². The molecule has 2 unspecified atom stereocenters. The van der Waals surface area contributed by atoms with Gasteiger partial charge in [0.25, 0.3) is 5.91 Å². The molecule has 0 saturated carbocycles. The fraction of sp³-hybridized carbons (Fsp3) is 0.486. The number of methoxy groups -OCH3 is 1. The van der Waals surface area contributed by atoms with Gasteiger partial charge in [-0.15, -0.1) is 0 Å². The van der Waals surface area contributed by atoms with E-state index >= 15 is 0 Å². The van der Waals surface area contributed by atoms with Crippen molar-refractivity contribution in [2.75, 3.05) is 64.5 Å². The van der Waals surface area contributed by atoms with Crippen LogP contribution in [0.1, 0.15) is 49.9 Å². The Morgan fingerprint density at radius 3 is 2.35 bits per heavy atom. The molecule has 2 atom stereocenters. The molecule has 0 radical (unpaired) electrons. The lowest BCUT2D eigenvalue weighted by atomic mass is 9.91. The van der Waals surface area contributed by atoms with Crippen LogP contribution >= 0.6 is 0 Å². The number of ether oxygens (including phenoxy) is 3. The van der Waals surface area contributed by atoms with Crippen LogP contribution in [0.5, 0.6) is 11.5 Å². The summed E-state index contributed by atoms with van der Waals surface area (Å²) < 4.78 is 16.4. The van der Waals surface area contributed by atoms with Crippen LogP contribution in [0.2, 0.25) is 0 Å². The number of nitrogens with zero attached hydrogens (tertiary/aromatic N) is 3. The van der Waals surface area contributed by atoms with Crippen molar-refractivity contribution >= 4 is 28.3 Å². The van der Waals surface area contributed by atoms with E-state index in [1.807, 2.05) is 29.2 Å². The van der Waals surface area contributed by atoms with Gasteiger partial charge in [-0.1, -0.05) is 37.6 Å². The molecule has 8 heteroatoms. The standard InChI is InChI=1S/C35H45N3O5/c1-4-27-11-10-26(2)38(24-27)18-7-23-42-29-14-12-28(13-15-29)36-19-21-37(22-20-36)35(40)32-16-17-33(43-25-34(39)41-3)31-9-6-5-8-30(31)32/h5-6,8-9,12-17,26-27H,4,7,10-11,18-25H2,1-3H3. The summed E-state index contributed by atoms with van der Waals surface area (Å²) in [7, 11) is 1.33. The highest BCUT2D eigenvalue weighted by atomic mass is 16.6. The quantitative estimate of drug-likeness (QED) is 0.213. The third-order valence-corrected chi connectivity index (χ3v) is 9.00. The van der Waals surface area contributed by atoms with Crippen molar-refractivity contribution in [1.29, 1.82) is 0 Å². The molecule has 43 heavy (non-hydrogen) atoms. The first-order valence-corrected chi connectivity index (χ1v) is 15.7. The zero-order valence-corrected chi connectivity index (χ0v) is 25.8. The molecule has 230 valence electrons. The molecule has 8 nitrogen and oxygen atoms in total. The number of carbonyl (C=O) groups excluding carboxylic acids is 2. The van der Waals surface area contributed by atoms with E-state index in [-0.39, 0.29) is 12.5 Å². The van der Waals surface area contributed by atoms with Crippen molar-refractivity contribution in [3.05, 3.63) is 66.2 Å². The number of anilines is 1. The minimum Gasteiger partial charge on any atom is -0.494 e. The van der Waals surface area contributed by atoms with Gasteiger partial charge in [-0.2, -0.15) is 0 Å². The fourth-order valence-corrected chi connectivity index (χ4v) is 6.24. The zero-order valence-electron chi connectivity index (χ0n) is 25.8. The topological polar surface area (TPSA) is 71.5 Å². The Bertz CT molecular complexity index is 1370. The van der Waals surface area contributed by atoms with Crippen molar-refractivity contribution in [1.82, 2.24) is 9.80 Å². The third-order valence-electron chi connectivity index (χ3n) is 9.00. The van der Waals surface area contributed by atoms with E-state index in [2.05, 4.69) is 52.6 Å². The van der Waals surface area contributed by atoms with E-state index in [9.17, 15) is 9.59 Å². The van der Waals surface area contributed by atoms with Gasteiger partial charge in [-0.3, -0.25) is 4.79 Å². The van der Waals surface area contributed by atoms with Gasteiger partial charge in [0.05, 0.1) is 13.7 Å². The number of likely N-dealkylation sites (tertiary alicyclic amines) is 1. The average molecular weight is 588 g/mol. The number of hydrogen-bond acceptors (Lipinski definition) is 7. The van der Waals surface area contributed by atoms with Crippen molar-refractivity contribution in [3.8, 4) is 11.5 Å². The predicted octanol–water partition coefficient (Wildman–Crippen LogP) is 5.63. The smallest absolute Gasteiger partial charge is 0.343 e. The molecule has 3 aromatic rings. The predicted molar refractivity (Wildman–Crippen MR) is 170 cm³/mol. The fourth-order valence-electron chi connectivity index (χ4n) is 6.24. The Kier molecular flexibility index (Phi) is 10.4. The Morgan fingerprint density at radius 1 is 0.884 bits per heavy atom. The highest BCUT2D eigenvalue weighted by molar-refractivity contribution is 6.08.